The van der Waals surface area contributed by atoms with E-state index >= 15 is 0 Å². The number of hydrogen-bond acceptors (Lipinski definition) is 4. The van der Waals surface area contributed by atoms with Crippen molar-refractivity contribution in [1.82, 2.24) is 15.5 Å². The van der Waals surface area contributed by atoms with E-state index in [0.717, 1.165) is 13.0 Å². The Kier molecular flexibility index (Phi) is 4.28. The van der Waals surface area contributed by atoms with E-state index in [-0.39, 0.29) is 5.02 Å². The summed E-state index contributed by atoms with van der Waals surface area (Å²) >= 11 is 5.92. The first-order valence-electron chi connectivity index (χ1n) is 5.63. The molecular weight excluding hydrogens is 257 g/mol. The monoisotopic (exact) mass is 269 g/mol. The molecule has 2 aromatic rings. The molecule has 6 heteroatoms. The molecule has 0 bridgehead atoms. The lowest BCUT2D eigenvalue weighted by Gasteiger charge is -1.98. The number of benzene rings is 1. The van der Waals surface area contributed by atoms with Crippen molar-refractivity contribution in [2.45, 2.75) is 12.8 Å². The van der Waals surface area contributed by atoms with Crippen molar-refractivity contribution in [1.29, 1.82) is 0 Å². The predicted molar refractivity (Wildman–Crippen MR) is 66.9 cm³/mol. The van der Waals surface area contributed by atoms with Crippen LogP contribution in [-0.4, -0.2) is 23.8 Å². The molecule has 1 aromatic carbocycles. The fourth-order valence-electron chi connectivity index (χ4n) is 1.54. The molecule has 0 amide bonds. The number of rotatable bonds is 5. The number of hydrogen-bond donors (Lipinski definition) is 1. The third-order valence-corrected chi connectivity index (χ3v) is 2.76. The van der Waals surface area contributed by atoms with Crippen molar-refractivity contribution in [3.05, 3.63) is 34.9 Å². The minimum absolute atomic E-state index is 0.264. The lowest BCUT2D eigenvalue weighted by molar-refractivity contribution is 0.494. The summed E-state index contributed by atoms with van der Waals surface area (Å²) in [4.78, 5) is 0. The van der Waals surface area contributed by atoms with E-state index in [9.17, 15) is 4.39 Å². The number of nitrogens with zero attached hydrogens (tertiary/aromatic N) is 2. The van der Waals surface area contributed by atoms with Crippen LogP contribution in [0.3, 0.4) is 0 Å². The van der Waals surface area contributed by atoms with Gasteiger partial charge < -0.3 is 9.73 Å². The average molecular weight is 270 g/mol. The van der Waals surface area contributed by atoms with Crippen molar-refractivity contribution in [3.63, 3.8) is 0 Å². The highest BCUT2D eigenvalue weighted by molar-refractivity contribution is 6.33. The van der Waals surface area contributed by atoms with Gasteiger partial charge in [0.15, 0.2) is 0 Å². The molecular formula is C12H13ClFN3O. The molecule has 1 N–H and O–H groups in total. The lowest BCUT2D eigenvalue weighted by Crippen LogP contribution is -2.08. The summed E-state index contributed by atoms with van der Waals surface area (Å²) in [7, 11) is 1.89. The van der Waals surface area contributed by atoms with Gasteiger partial charge in [-0.3, -0.25) is 0 Å². The Hall–Kier alpha value is -1.46. The summed E-state index contributed by atoms with van der Waals surface area (Å²) in [5.41, 5.74) is 0.547. The van der Waals surface area contributed by atoms with Gasteiger partial charge in [0.25, 0.3) is 0 Å². The molecule has 2 rings (SSSR count). The zero-order valence-electron chi connectivity index (χ0n) is 9.91. The largest absolute Gasteiger partial charge is 0.421 e. The van der Waals surface area contributed by atoms with Crippen LogP contribution >= 0.6 is 11.6 Å². The van der Waals surface area contributed by atoms with Crippen molar-refractivity contribution >= 4 is 11.6 Å². The van der Waals surface area contributed by atoms with Gasteiger partial charge in [-0.25, -0.2) is 4.39 Å². The number of halogens is 2. The van der Waals surface area contributed by atoms with Crippen LogP contribution in [0.25, 0.3) is 11.5 Å². The first-order chi connectivity index (χ1) is 8.70. The number of nitrogens with one attached hydrogen (secondary N) is 1. The fraction of sp³-hybridized carbons (Fsp3) is 0.333. The third kappa shape index (κ3) is 3.05. The molecule has 1 heterocycles. The highest BCUT2D eigenvalue weighted by Crippen LogP contribution is 2.27. The Morgan fingerprint density at radius 2 is 2.22 bits per heavy atom. The Morgan fingerprint density at radius 3 is 2.94 bits per heavy atom. The first-order valence-corrected chi connectivity index (χ1v) is 6.01. The zero-order chi connectivity index (χ0) is 13.0. The Morgan fingerprint density at radius 1 is 1.39 bits per heavy atom. The second-order valence-corrected chi connectivity index (χ2v) is 4.24. The summed E-state index contributed by atoms with van der Waals surface area (Å²) in [6, 6.07) is 4.07. The second-order valence-electron chi connectivity index (χ2n) is 3.83. The van der Waals surface area contributed by atoms with Gasteiger partial charge >= 0.3 is 0 Å². The maximum atomic E-state index is 12.9. The molecule has 0 fully saturated rings. The van der Waals surface area contributed by atoms with Crippen LogP contribution in [0, 0.1) is 5.82 Å². The third-order valence-electron chi connectivity index (χ3n) is 2.45. The molecule has 0 radical (unpaired) electrons. The van der Waals surface area contributed by atoms with Crippen LogP contribution < -0.4 is 5.32 Å². The topological polar surface area (TPSA) is 51.0 Å². The van der Waals surface area contributed by atoms with Crippen LogP contribution in [0.4, 0.5) is 4.39 Å². The summed E-state index contributed by atoms with van der Waals surface area (Å²) in [5, 5.41) is 11.1. The maximum Gasteiger partial charge on any atom is 0.249 e. The van der Waals surface area contributed by atoms with Gasteiger partial charge in [0.1, 0.15) is 5.82 Å². The molecule has 0 aliphatic heterocycles. The predicted octanol–water partition coefficient (Wildman–Crippen LogP) is 2.68. The molecule has 0 atom stereocenters. The van der Waals surface area contributed by atoms with Gasteiger partial charge in [-0.05, 0) is 38.2 Å². The highest BCUT2D eigenvalue weighted by Gasteiger charge is 2.12. The second kappa shape index (κ2) is 5.93. The van der Waals surface area contributed by atoms with Gasteiger partial charge in [-0.15, -0.1) is 10.2 Å². The molecule has 4 nitrogen and oxygen atoms in total. The average Bonchev–Trinajstić information content (AvgIpc) is 2.78. The van der Waals surface area contributed by atoms with Gasteiger partial charge in [0.05, 0.1) is 10.6 Å². The van der Waals surface area contributed by atoms with E-state index in [1.54, 1.807) is 0 Å². The molecule has 0 unspecified atom stereocenters. The molecule has 1 aromatic heterocycles. The van der Waals surface area contributed by atoms with Crippen molar-refractivity contribution in [2.24, 2.45) is 0 Å². The SMILES string of the molecule is CNCCCc1nnc(-c2ccc(F)cc2Cl)o1. The molecule has 18 heavy (non-hydrogen) atoms. The van der Waals surface area contributed by atoms with E-state index in [1.165, 1.54) is 18.2 Å². The van der Waals surface area contributed by atoms with Gasteiger partial charge in [-0.2, -0.15) is 0 Å². The van der Waals surface area contributed by atoms with Crippen LogP contribution in [-0.2, 0) is 6.42 Å². The summed E-state index contributed by atoms with van der Waals surface area (Å²) in [6.07, 6.45) is 1.61. The van der Waals surface area contributed by atoms with Crippen LogP contribution in [0.2, 0.25) is 5.02 Å². The molecule has 96 valence electrons. The Balaban J connectivity index is 2.13. The zero-order valence-corrected chi connectivity index (χ0v) is 10.7. The van der Waals surface area contributed by atoms with Crippen LogP contribution in [0.5, 0.6) is 0 Å². The lowest BCUT2D eigenvalue weighted by atomic mass is 10.2. The van der Waals surface area contributed by atoms with E-state index in [1.807, 2.05) is 7.05 Å². The Labute approximate surface area is 109 Å². The molecule has 0 saturated carbocycles. The van der Waals surface area contributed by atoms with Gasteiger partial charge in [-0.1, -0.05) is 11.6 Å². The van der Waals surface area contributed by atoms with Gasteiger partial charge in [0.2, 0.25) is 11.8 Å². The summed E-state index contributed by atoms with van der Waals surface area (Å²) in [5.74, 6) is 0.484. The van der Waals surface area contributed by atoms with E-state index in [0.29, 0.717) is 23.8 Å². The van der Waals surface area contributed by atoms with Gasteiger partial charge in [0, 0.05) is 6.42 Å². The Bertz CT molecular complexity index is 530. The minimum Gasteiger partial charge on any atom is -0.421 e. The van der Waals surface area contributed by atoms with Crippen molar-refractivity contribution in [2.75, 3.05) is 13.6 Å². The van der Waals surface area contributed by atoms with Crippen LogP contribution in [0.15, 0.2) is 22.6 Å². The molecule has 0 aliphatic carbocycles. The summed E-state index contributed by atoms with van der Waals surface area (Å²) < 4.78 is 18.4. The number of aromatic nitrogens is 2. The summed E-state index contributed by atoms with van der Waals surface area (Å²) in [6.45, 7) is 0.884. The quantitative estimate of drug-likeness (QED) is 0.848. The molecule has 0 saturated heterocycles. The minimum atomic E-state index is -0.391. The standard InChI is InChI=1S/C12H13ClFN3O/c1-15-6-2-3-11-16-17-12(18-11)9-5-4-8(14)7-10(9)13/h4-5,7,15H,2-3,6H2,1H3. The van der Waals surface area contributed by atoms with E-state index in [2.05, 4.69) is 15.5 Å². The van der Waals surface area contributed by atoms with E-state index < -0.39 is 5.82 Å². The molecule has 0 spiro atoms. The normalized spacial score (nSPS) is 10.8. The number of aryl methyl sites for hydroxylation is 1. The molecule has 0 aliphatic rings. The highest BCUT2D eigenvalue weighted by atomic mass is 35.5. The fourth-order valence-corrected chi connectivity index (χ4v) is 1.79. The smallest absolute Gasteiger partial charge is 0.249 e. The van der Waals surface area contributed by atoms with E-state index in [4.69, 9.17) is 16.0 Å². The maximum absolute atomic E-state index is 12.9. The van der Waals surface area contributed by atoms with Crippen molar-refractivity contribution in [3.8, 4) is 11.5 Å². The van der Waals surface area contributed by atoms with Crippen LogP contribution in [0.1, 0.15) is 12.3 Å². The van der Waals surface area contributed by atoms with Crippen molar-refractivity contribution < 1.29 is 8.81 Å². The first kappa shape index (κ1) is 13.0.